The van der Waals surface area contributed by atoms with Crippen LogP contribution in [0.4, 0.5) is 0 Å². The van der Waals surface area contributed by atoms with Gasteiger partial charge in [-0.2, -0.15) is 0 Å². The molecular formula is C17H16LiN. The smallest absolute Gasteiger partial charge is 1.00 e. The number of hydrogen-bond acceptors (Lipinski definition) is 1. The zero-order valence-corrected chi connectivity index (χ0v) is 11.3. The molecular weight excluding hydrogens is 225 g/mol. The van der Waals surface area contributed by atoms with Crippen molar-refractivity contribution in [2.24, 2.45) is 0 Å². The average Bonchev–Trinajstić information content (AvgIpc) is 3.02. The molecule has 0 radical (unpaired) electrons. The van der Waals surface area contributed by atoms with Gasteiger partial charge in [0, 0.05) is 24.4 Å². The molecule has 0 N–H and O–H groups in total. The van der Waals surface area contributed by atoms with Crippen molar-refractivity contribution in [3.63, 3.8) is 0 Å². The van der Waals surface area contributed by atoms with Crippen LogP contribution in [0.2, 0.25) is 0 Å². The first-order valence-corrected chi connectivity index (χ1v) is 6.52. The summed E-state index contributed by atoms with van der Waals surface area (Å²) in [5, 5.41) is 0. The summed E-state index contributed by atoms with van der Waals surface area (Å²) >= 11 is 0. The topological polar surface area (TPSA) is 3.24 Å². The summed E-state index contributed by atoms with van der Waals surface area (Å²) in [6.07, 6.45) is 3.45. The third-order valence-corrected chi connectivity index (χ3v) is 3.99. The quantitative estimate of drug-likeness (QED) is 0.665. The minimum atomic E-state index is 0. The predicted octanol–water partition coefficient (Wildman–Crippen LogP) is 0.716. The number of nitrogens with zero attached hydrogens (tertiary/aromatic N) is 1. The number of rotatable bonds is 1. The Labute approximate surface area is 127 Å². The monoisotopic (exact) mass is 241 g/mol. The summed E-state index contributed by atoms with van der Waals surface area (Å²) in [7, 11) is 0. The van der Waals surface area contributed by atoms with E-state index in [4.69, 9.17) is 0 Å². The van der Waals surface area contributed by atoms with Gasteiger partial charge in [-0.1, -0.05) is 54.6 Å². The van der Waals surface area contributed by atoms with E-state index in [9.17, 15) is 0 Å². The van der Waals surface area contributed by atoms with Gasteiger partial charge in [0.2, 0.25) is 0 Å². The third-order valence-electron chi connectivity index (χ3n) is 3.99. The van der Waals surface area contributed by atoms with Crippen molar-refractivity contribution in [3.05, 3.63) is 76.9 Å². The fourth-order valence-electron chi connectivity index (χ4n) is 3.07. The van der Waals surface area contributed by atoms with Crippen LogP contribution >= 0.6 is 0 Å². The molecule has 1 aliphatic carbocycles. The molecule has 2 aromatic rings. The minimum absolute atomic E-state index is 0. The maximum absolute atomic E-state index is 2.50. The molecule has 2 aromatic carbocycles. The van der Waals surface area contributed by atoms with Gasteiger partial charge in [-0.15, -0.1) is 0 Å². The van der Waals surface area contributed by atoms with Crippen molar-refractivity contribution in [1.82, 2.24) is 4.90 Å². The summed E-state index contributed by atoms with van der Waals surface area (Å²) < 4.78 is 0. The molecule has 4 rings (SSSR count). The summed E-state index contributed by atoms with van der Waals surface area (Å²) in [5.41, 5.74) is 7.25. The normalized spacial score (nSPS) is 15.6. The van der Waals surface area contributed by atoms with Crippen LogP contribution in [0.3, 0.4) is 0 Å². The molecule has 0 amide bonds. The molecule has 0 fully saturated rings. The van der Waals surface area contributed by atoms with Crippen molar-refractivity contribution in [2.45, 2.75) is 19.5 Å². The first-order valence-electron chi connectivity index (χ1n) is 6.52. The van der Waals surface area contributed by atoms with E-state index in [0.29, 0.717) is 0 Å². The van der Waals surface area contributed by atoms with Gasteiger partial charge in [0.25, 0.3) is 0 Å². The second-order valence-corrected chi connectivity index (χ2v) is 5.08. The van der Waals surface area contributed by atoms with E-state index >= 15 is 0 Å². The Morgan fingerprint density at radius 3 is 2.05 bits per heavy atom. The fraction of sp³-hybridized carbons (Fsp3) is 0.176. The summed E-state index contributed by atoms with van der Waals surface area (Å²) in [6, 6.07) is 17.5. The first-order chi connectivity index (χ1) is 8.92. The number of hydrogen-bond donors (Lipinski definition) is 0. The van der Waals surface area contributed by atoms with Gasteiger partial charge in [-0.05, 0) is 23.1 Å². The van der Waals surface area contributed by atoms with Gasteiger partial charge >= 0.3 is 18.9 Å². The van der Waals surface area contributed by atoms with Crippen LogP contribution < -0.4 is 18.9 Å². The van der Waals surface area contributed by atoms with Gasteiger partial charge in [-0.3, -0.25) is 0 Å². The Kier molecular flexibility index (Phi) is 3.27. The van der Waals surface area contributed by atoms with Crippen molar-refractivity contribution in [1.29, 1.82) is 0 Å². The Hall–Kier alpha value is -1.42. The molecule has 1 heterocycles. The van der Waals surface area contributed by atoms with Crippen LogP contribution in [0.1, 0.15) is 23.7 Å². The van der Waals surface area contributed by atoms with Crippen molar-refractivity contribution in [3.8, 4) is 0 Å². The van der Waals surface area contributed by atoms with Crippen LogP contribution in [-0.4, -0.2) is 4.90 Å². The standard InChI is InChI=1S/C17H15N.Li.H/c1-2-7-15-12-18(11-14(15)6-1)17-10-9-13-5-3-4-8-16(13)17;;/h1-8,10H,9,11-12H2;;/q;+1;-1. The van der Waals surface area contributed by atoms with E-state index in [-0.39, 0.29) is 20.3 Å². The van der Waals surface area contributed by atoms with E-state index in [2.05, 4.69) is 59.5 Å². The van der Waals surface area contributed by atoms with Crippen molar-refractivity contribution < 1.29 is 20.3 Å². The molecule has 1 nitrogen and oxygen atoms in total. The molecule has 2 heteroatoms. The van der Waals surface area contributed by atoms with Crippen molar-refractivity contribution >= 4 is 5.70 Å². The molecule has 0 atom stereocenters. The fourth-order valence-corrected chi connectivity index (χ4v) is 3.07. The van der Waals surface area contributed by atoms with E-state index in [1.807, 2.05) is 0 Å². The molecule has 90 valence electrons. The maximum Gasteiger partial charge on any atom is 1.00 e. The van der Waals surface area contributed by atoms with Gasteiger partial charge < -0.3 is 6.33 Å². The summed E-state index contributed by atoms with van der Waals surface area (Å²) in [5.74, 6) is 0. The molecule has 0 unspecified atom stereocenters. The van der Waals surface area contributed by atoms with E-state index in [1.54, 1.807) is 0 Å². The van der Waals surface area contributed by atoms with E-state index < -0.39 is 0 Å². The Morgan fingerprint density at radius 1 is 0.789 bits per heavy atom. The summed E-state index contributed by atoms with van der Waals surface area (Å²) in [6.45, 7) is 2.10. The van der Waals surface area contributed by atoms with Gasteiger partial charge in [0.1, 0.15) is 0 Å². The van der Waals surface area contributed by atoms with Gasteiger partial charge in [0.05, 0.1) is 0 Å². The van der Waals surface area contributed by atoms with Crippen LogP contribution in [-0.2, 0) is 19.5 Å². The Balaban J connectivity index is 0.000000735. The van der Waals surface area contributed by atoms with Crippen molar-refractivity contribution in [2.75, 3.05) is 0 Å². The van der Waals surface area contributed by atoms with Gasteiger partial charge in [0.15, 0.2) is 0 Å². The molecule has 0 saturated carbocycles. The second-order valence-electron chi connectivity index (χ2n) is 5.08. The first kappa shape index (κ1) is 12.6. The maximum atomic E-state index is 2.50. The molecule has 0 saturated heterocycles. The number of benzene rings is 2. The van der Waals surface area contributed by atoms with Crippen LogP contribution in [0.15, 0.2) is 54.6 Å². The number of allylic oxidation sites excluding steroid dienone is 1. The van der Waals surface area contributed by atoms with Crippen LogP contribution in [0.5, 0.6) is 0 Å². The van der Waals surface area contributed by atoms with E-state index in [0.717, 1.165) is 19.5 Å². The average molecular weight is 241 g/mol. The van der Waals surface area contributed by atoms with Crippen LogP contribution in [0, 0.1) is 0 Å². The molecule has 0 bridgehead atoms. The Bertz CT molecular complexity index is 626. The number of fused-ring (bicyclic) bond motifs is 2. The third kappa shape index (κ3) is 2.04. The summed E-state index contributed by atoms with van der Waals surface area (Å²) in [4.78, 5) is 2.50. The van der Waals surface area contributed by atoms with E-state index in [1.165, 1.54) is 28.0 Å². The predicted molar refractivity (Wildman–Crippen MR) is 74.9 cm³/mol. The van der Waals surface area contributed by atoms with Crippen LogP contribution in [0.25, 0.3) is 5.70 Å². The molecule has 2 aliphatic rings. The zero-order valence-electron chi connectivity index (χ0n) is 12.3. The molecule has 0 aromatic heterocycles. The second kappa shape index (κ2) is 4.93. The minimum Gasteiger partial charge on any atom is -1.00 e. The molecule has 0 spiro atoms. The molecule has 1 aliphatic heterocycles. The molecule has 19 heavy (non-hydrogen) atoms. The SMILES string of the molecule is C1=C(N2Cc3ccccc3C2)c2ccccc2C1.[H-].[Li+]. The largest absolute Gasteiger partial charge is 1.00 e. The van der Waals surface area contributed by atoms with Gasteiger partial charge in [-0.25, -0.2) is 0 Å². The Morgan fingerprint density at radius 2 is 1.37 bits per heavy atom. The zero-order chi connectivity index (χ0) is 11.9.